The van der Waals surface area contributed by atoms with E-state index in [2.05, 4.69) is 71.8 Å². The smallest absolute Gasteiger partial charge is 0.405 e. The summed E-state index contributed by atoms with van der Waals surface area (Å²) in [7, 11) is 0.540. The number of nitrogens with zero attached hydrogens (tertiary/aromatic N) is 4. The molecule has 1 amide bonds. The largest absolute Gasteiger partial charge is 0.471 e. The molecule has 2 aromatic heterocycles. The van der Waals surface area contributed by atoms with E-state index in [-0.39, 0.29) is 40.6 Å². The van der Waals surface area contributed by atoms with Gasteiger partial charge in [-0.15, -0.1) is 0 Å². The highest BCUT2D eigenvalue weighted by molar-refractivity contribution is 6.99. The van der Waals surface area contributed by atoms with Crippen LogP contribution in [0.1, 0.15) is 39.0 Å². The van der Waals surface area contributed by atoms with Gasteiger partial charge in [-0.3, -0.25) is 14.6 Å². The van der Waals surface area contributed by atoms with Crippen molar-refractivity contribution in [3.8, 4) is 11.8 Å². The van der Waals surface area contributed by atoms with Crippen molar-refractivity contribution < 1.29 is 32.2 Å². The number of H-pyrrole nitrogens is 1. The fourth-order valence-corrected chi connectivity index (χ4v) is 10.6. The van der Waals surface area contributed by atoms with Crippen molar-refractivity contribution in [1.82, 2.24) is 24.8 Å². The molecule has 1 unspecified atom stereocenters. The highest BCUT2D eigenvalue weighted by Crippen LogP contribution is 2.38. The number of rotatable bonds is 9. The second kappa shape index (κ2) is 14.6. The molecule has 5 rings (SSSR count). The minimum absolute atomic E-state index is 0.00221. The van der Waals surface area contributed by atoms with E-state index < -0.39 is 50.9 Å². The van der Waals surface area contributed by atoms with E-state index in [4.69, 9.17) is 9.16 Å². The summed E-state index contributed by atoms with van der Waals surface area (Å²) in [6.45, 7) is 5.91. The number of aliphatic hydroxyl groups is 1. The summed E-state index contributed by atoms with van der Waals surface area (Å²) in [5, 5.41) is 14.9. The van der Waals surface area contributed by atoms with Crippen molar-refractivity contribution in [2.24, 2.45) is 4.99 Å². The van der Waals surface area contributed by atoms with Crippen molar-refractivity contribution in [3.05, 3.63) is 82.8 Å². The van der Waals surface area contributed by atoms with Crippen LogP contribution in [0.15, 0.2) is 76.6 Å². The number of halogens is 3. The molecule has 264 valence electrons. The molecule has 3 heterocycles. The van der Waals surface area contributed by atoms with Gasteiger partial charge >= 0.3 is 12.1 Å². The number of ether oxygens (including phenoxy) is 1. The van der Waals surface area contributed by atoms with Gasteiger partial charge in [0.2, 0.25) is 5.95 Å². The van der Waals surface area contributed by atoms with Gasteiger partial charge in [0.25, 0.3) is 13.9 Å². The molecule has 1 fully saturated rings. The van der Waals surface area contributed by atoms with Gasteiger partial charge in [0, 0.05) is 26.7 Å². The second-order valence-electron chi connectivity index (χ2n) is 13.1. The second-order valence-corrected chi connectivity index (χ2v) is 17.4. The number of carbonyl (C=O) groups is 1. The molecule has 0 spiro atoms. The average molecular weight is 709 g/mol. The highest BCUT2D eigenvalue weighted by atomic mass is 28.4. The predicted octanol–water partition coefficient (Wildman–Crippen LogP) is 3.20. The van der Waals surface area contributed by atoms with E-state index in [0.29, 0.717) is 0 Å². The van der Waals surface area contributed by atoms with Crippen molar-refractivity contribution in [2.75, 3.05) is 27.2 Å². The maximum atomic E-state index is 13.3. The Hall–Kier alpha value is -4.75. The van der Waals surface area contributed by atoms with E-state index in [0.717, 1.165) is 10.4 Å². The van der Waals surface area contributed by atoms with Crippen molar-refractivity contribution in [3.63, 3.8) is 0 Å². The molecule has 0 radical (unpaired) electrons. The van der Waals surface area contributed by atoms with Gasteiger partial charge in [-0.1, -0.05) is 93.3 Å². The van der Waals surface area contributed by atoms with E-state index >= 15 is 0 Å². The number of alkyl halides is 3. The van der Waals surface area contributed by atoms with Crippen molar-refractivity contribution >= 4 is 47.9 Å². The van der Waals surface area contributed by atoms with Crippen molar-refractivity contribution in [1.29, 1.82) is 0 Å². The van der Waals surface area contributed by atoms with Crippen molar-refractivity contribution in [2.45, 2.75) is 56.8 Å². The molecule has 1 aliphatic heterocycles. The van der Waals surface area contributed by atoms with E-state index in [1.54, 1.807) is 28.9 Å². The lowest BCUT2D eigenvalue weighted by atomic mass is 10.2. The average Bonchev–Trinajstić information content (AvgIpc) is 3.62. The number of carbonyl (C=O) groups excluding carboxylic acids is 1. The first-order valence-electron chi connectivity index (χ1n) is 15.9. The normalized spacial score (nSPS) is 18.3. The van der Waals surface area contributed by atoms with Crippen LogP contribution in [0.3, 0.4) is 0 Å². The van der Waals surface area contributed by atoms with Gasteiger partial charge in [-0.2, -0.15) is 18.2 Å². The molecule has 1 saturated heterocycles. The van der Waals surface area contributed by atoms with Gasteiger partial charge in [0.1, 0.15) is 12.3 Å². The lowest BCUT2D eigenvalue weighted by Crippen LogP contribution is -2.67. The molecule has 11 nitrogen and oxygen atoms in total. The van der Waals surface area contributed by atoms with E-state index in [1.807, 2.05) is 36.4 Å². The monoisotopic (exact) mass is 708 g/mol. The summed E-state index contributed by atoms with van der Waals surface area (Å²) in [5.74, 6) is 3.01. The summed E-state index contributed by atoms with van der Waals surface area (Å²) >= 11 is 0. The van der Waals surface area contributed by atoms with Crippen LogP contribution in [0.2, 0.25) is 5.04 Å². The summed E-state index contributed by atoms with van der Waals surface area (Å²) < 4.78 is 52.9. The number of aromatic nitrogens is 3. The Morgan fingerprint density at radius 3 is 2.34 bits per heavy atom. The van der Waals surface area contributed by atoms with Gasteiger partial charge in [-0.25, -0.2) is 4.99 Å². The topological polar surface area (TPSA) is 134 Å². The quantitative estimate of drug-likeness (QED) is 0.105. The molecule has 15 heteroatoms. The molecule has 3 atom stereocenters. The Labute approximate surface area is 288 Å². The number of hydrogen-bond donors (Lipinski definition) is 3. The third kappa shape index (κ3) is 7.68. The molecule has 50 heavy (non-hydrogen) atoms. The maximum absolute atomic E-state index is 13.3. The molecule has 2 aromatic carbocycles. The zero-order chi connectivity index (χ0) is 36.3. The Kier molecular flexibility index (Phi) is 10.7. The van der Waals surface area contributed by atoms with Crippen LogP contribution in [-0.2, 0) is 14.0 Å². The van der Waals surface area contributed by atoms with Gasteiger partial charge in [0.15, 0.2) is 5.65 Å². The van der Waals surface area contributed by atoms with Crippen LogP contribution in [0.5, 0.6) is 0 Å². The van der Waals surface area contributed by atoms with Gasteiger partial charge < -0.3 is 29.1 Å². The minimum atomic E-state index is -5.06. The molecular formula is C35H39F3N6O5Si. The molecule has 0 bridgehead atoms. The first-order valence-corrected chi connectivity index (χ1v) is 17.8. The predicted molar refractivity (Wildman–Crippen MR) is 186 cm³/mol. The number of aliphatic imine (C=N–C) groups is 1. The van der Waals surface area contributed by atoms with E-state index in [1.165, 1.54) is 12.5 Å². The Bertz CT molecular complexity index is 1920. The third-order valence-electron chi connectivity index (χ3n) is 8.29. The van der Waals surface area contributed by atoms with E-state index in [9.17, 15) is 27.9 Å². The Morgan fingerprint density at radius 1 is 1.16 bits per heavy atom. The number of aromatic amines is 1. The summed E-state index contributed by atoms with van der Waals surface area (Å²) in [5.41, 5.74) is -0.300. The van der Waals surface area contributed by atoms with Gasteiger partial charge in [0.05, 0.1) is 36.5 Å². The molecule has 0 saturated carbocycles. The Balaban J connectivity index is 1.48. The lowest BCUT2D eigenvalue weighted by Gasteiger charge is -2.43. The first-order chi connectivity index (χ1) is 23.6. The lowest BCUT2D eigenvalue weighted by molar-refractivity contribution is -0.173. The fraction of sp³-hybridized carbons (Fsp3) is 0.371. The summed E-state index contributed by atoms with van der Waals surface area (Å²) in [4.78, 5) is 37.5. The number of amides is 1. The molecular weight excluding hydrogens is 670 g/mol. The van der Waals surface area contributed by atoms with Crippen LogP contribution >= 0.6 is 0 Å². The van der Waals surface area contributed by atoms with Gasteiger partial charge in [-0.05, 0) is 15.4 Å². The number of hydrogen-bond acceptors (Lipinski definition) is 7. The number of nitrogens with one attached hydrogen (secondary N) is 2. The summed E-state index contributed by atoms with van der Waals surface area (Å²) in [6, 6.07) is 20.1. The molecule has 4 aromatic rings. The third-order valence-corrected chi connectivity index (χ3v) is 13.3. The number of fused-ring (bicyclic) bond motifs is 1. The fourth-order valence-electron chi connectivity index (χ4n) is 6.06. The van der Waals surface area contributed by atoms with Crippen LogP contribution < -0.4 is 21.2 Å². The number of benzene rings is 2. The van der Waals surface area contributed by atoms with Crippen LogP contribution in [0, 0.1) is 11.8 Å². The zero-order valence-electron chi connectivity index (χ0n) is 28.3. The highest BCUT2D eigenvalue weighted by Gasteiger charge is 2.51. The molecule has 1 aliphatic rings. The SMILES string of the molecule is CN(C)C=Nc1nc2c(c(C#CCNC(=O)C(F)(F)F)cn2[C@H]2CC(O)[C@@H](CO[Si](c3ccccc3)(c3ccccc3)C(C)(C)C)O2)c(=O)[nH]1. The van der Waals surface area contributed by atoms with Crippen LogP contribution in [0.25, 0.3) is 11.0 Å². The summed E-state index contributed by atoms with van der Waals surface area (Å²) in [6.07, 6.45) is -4.49. The Morgan fingerprint density at radius 2 is 1.78 bits per heavy atom. The maximum Gasteiger partial charge on any atom is 0.471 e. The zero-order valence-corrected chi connectivity index (χ0v) is 29.3. The first kappa shape index (κ1) is 36.5. The minimum Gasteiger partial charge on any atom is -0.405 e. The molecule has 3 N–H and O–H groups in total. The van der Waals surface area contributed by atoms with Crippen LogP contribution in [-0.4, -0.2) is 90.7 Å². The van der Waals surface area contributed by atoms with Crippen LogP contribution in [0.4, 0.5) is 19.1 Å². The molecule has 0 aliphatic carbocycles. The number of aliphatic hydroxyl groups excluding tert-OH is 1. The standard InChI is InChI=1S/C35H39F3N6O5Si/c1-34(2,3)50(24-14-8-6-9-15-24,25-16-10-7-11-17-25)48-21-27-26(45)19-28(49-27)44-20-23(13-12-18-39-32(47)35(36,37)38)29-30(44)41-33(42-31(29)46)40-22-43(4)5/h6-11,14-17,20,22,26-28,45H,18-19,21H2,1-5H3,(H,39,47)(H,41,42,46)/t26?,27-,28-/m1/s1.